The van der Waals surface area contributed by atoms with Crippen LogP contribution in [0.5, 0.6) is 11.5 Å². The van der Waals surface area contributed by atoms with Gasteiger partial charge in [0.2, 0.25) is 6.79 Å². The quantitative estimate of drug-likeness (QED) is 0.505. The second-order valence-corrected chi connectivity index (χ2v) is 9.35. The Hall–Kier alpha value is -4.55. The molecule has 198 valence electrons. The Labute approximate surface area is 224 Å². The molecule has 1 saturated heterocycles. The first-order valence-corrected chi connectivity index (χ1v) is 12.6. The van der Waals surface area contributed by atoms with Gasteiger partial charge < -0.3 is 28.4 Å². The molecule has 0 aromatic heterocycles. The van der Waals surface area contributed by atoms with Gasteiger partial charge in [-0.05, 0) is 48.2 Å². The van der Waals surface area contributed by atoms with Gasteiger partial charge in [-0.1, -0.05) is 36.4 Å². The highest BCUT2D eigenvalue weighted by Gasteiger charge is 2.55. The van der Waals surface area contributed by atoms with E-state index >= 15 is 0 Å². The molecular weight excluding hydrogens is 502 g/mol. The van der Waals surface area contributed by atoms with Crippen molar-refractivity contribution in [1.29, 1.82) is 5.26 Å². The number of esters is 2. The third kappa shape index (κ3) is 3.71. The highest BCUT2D eigenvalue weighted by molar-refractivity contribution is 5.95. The topological polar surface area (TPSA) is 113 Å². The minimum atomic E-state index is -1.18. The van der Waals surface area contributed by atoms with Crippen molar-refractivity contribution < 1.29 is 38.0 Å². The fraction of sp³-hybridized carbons (Fsp3) is 0.300. The molecule has 2 aromatic rings. The Morgan fingerprint density at radius 1 is 1.15 bits per heavy atom. The van der Waals surface area contributed by atoms with Crippen LogP contribution in [0.15, 0.2) is 71.5 Å². The molecule has 1 fully saturated rings. The van der Waals surface area contributed by atoms with E-state index in [4.69, 9.17) is 28.4 Å². The summed E-state index contributed by atoms with van der Waals surface area (Å²) in [5.74, 6) is -1.26. The molecule has 0 N–H and O–H groups in total. The molecule has 4 aliphatic rings. The lowest BCUT2D eigenvalue weighted by atomic mass is 9.64. The molecular formula is C30H25NO8. The summed E-state index contributed by atoms with van der Waals surface area (Å²) in [5, 5.41) is 9.98. The van der Waals surface area contributed by atoms with Crippen molar-refractivity contribution in [3.63, 3.8) is 0 Å². The zero-order valence-electron chi connectivity index (χ0n) is 21.4. The van der Waals surface area contributed by atoms with Crippen LogP contribution < -0.4 is 9.47 Å². The number of fused-ring (bicyclic) bond motifs is 2. The van der Waals surface area contributed by atoms with Gasteiger partial charge in [0.1, 0.15) is 11.7 Å². The smallest absolute Gasteiger partial charge is 0.334 e. The fourth-order valence-electron chi connectivity index (χ4n) is 5.89. The number of rotatable bonds is 6. The first-order chi connectivity index (χ1) is 19.0. The molecule has 39 heavy (non-hydrogen) atoms. The number of hydrogen-bond acceptors (Lipinski definition) is 9. The summed E-state index contributed by atoms with van der Waals surface area (Å²) < 4.78 is 33.8. The van der Waals surface area contributed by atoms with Crippen molar-refractivity contribution in [3.8, 4) is 28.7 Å². The number of benzene rings is 2. The van der Waals surface area contributed by atoms with Crippen molar-refractivity contribution in [2.75, 3.05) is 27.3 Å². The Morgan fingerprint density at radius 2 is 2.00 bits per heavy atom. The minimum absolute atomic E-state index is 0.00164. The molecule has 9 heteroatoms. The number of nitriles is 1. The Kier molecular flexibility index (Phi) is 6.12. The highest BCUT2D eigenvalue weighted by Crippen LogP contribution is 2.58. The minimum Gasteiger partial charge on any atom is -0.468 e. The summed E-state index contributed by atoms with van der Waals surface area (Å²) in [6, 6.07) is 13.5. The molecule has 1 spiro atoms. The van der Waals surface area contributed by atoms with Gasteiger partial charge >= 0.3 is 11.9 Å². The molecule has 9 nitrogen and oxygen atoms in total. The van der Waals surface area contributed by atoms with E-state index in [1.807, 2.05) is 42.5 Å². The summed E-state index contributed by atoms with van der Waals surface area (Å²) in [6.07, 6.45) is 5.41. The molecule has 0 amide bonds. The lowest BCUT2D eigenvalue weighted by molar-refractivity contribution is -0.146. The van der Waals surface area contributed by atoms with Gasteiger partial charge in [0, 0.05) is 17.1 Å². The van der Waals surface area contributed by atoms with Crippen molar-refractivity contribution in [3.05, 3.63) is 82.7 Å². The van der Waals surface area contributed by atoms with E-state index in [0.29, 0.717) is 28.4 Å². The molecule has 0 radical (unpaired) electrons. The van der Waals surface area contributed by atoms with Gasteiger partial charge in [0.15, 0.2) is 23.9 Å². The standard InChI is InChI=1S/C30H25NO8/c1-3-35-28(32)18(14-31)12-20-26-19(17-10-11-23-24(13-17)37-15-36-23)6-4-7-21(26)30-22(27(20)29(33)34-2)8-5-9-25(30)38-16-39-30/h4-11,13,18,20H,3,12,15-16H2,1-2H3. The number of nitrogens with zero attached hydrogens (tertiary/aromatic N) is 1. The Bertz CT molecular complexity index is 1510. The molecule has 0 bridgehead atoms. The third-order valence-electron chi connectivity index (χ3n) is 7.49. The predicted molar refractivity (Wildman–Crippen MR) is 136 cm³/mol. The lowest BCUT2D eigenvalue weighted by Crippen LogP contribution is -2.40. The van der Waals surface area contributed by atoms with Crippen molar-refractivity contribution >= 4 is 11.9 Å². The largest absolute Gasteiger partial charge is 0.468 e. The van der Waals surface area contributed by atoms with Crippen LogP contribution in [0, 0.1) is 17.2 Å². The lowest BCUT2D eigenvalue weighted by Gasteiger charge is -2.42. The van der Waals surface area contributed by atoms with E-state index < -0.39 is 29.4 Å². The average molecular weight is 528 g/mol. The first kappa shape index (κ1) is 24.8. The maximum Gasteiger partial charge on any atom is 0.334 e. The van der Waals surface area contributed by atoms with Gasteiger partial charge in [-0.15, -0.1) is 0 Å². The maximum atomic E-state index is 13.5. The monoisotopic (exact) mass is 527 g/mol. The van der Waals surface area contributed by atoms with Crippen LogP contribution in [0.2, 0.25) is 0 Å². The molecule has 2 aliphatic heterocycles. The second kappa shape index (κ2) is 9.64. The fourth-order valence-corrected chi connectivity index (χ4v) is 5.89. The van der Waals surface area contributed by atoms with Crippen LogP contribution in [-0.2, 0) is 34.1 Å². The van der Waals surface area contributed by atoms with Crippen LogP contribution in [0.3, 0.4) is 0 Å². The van der Waals surface area contributed by atoms with Gasteiger partial charge in [-0.2, -0.15) is 5.26 Å². The highest BCUT2D eigenvalue weighted by atomic mass is 16.7. The molecule has 2 heterocycles. The maximum absolute atomic E-state index is 13.5. The van der Waals surface area contributed by atoms with Gasteiger partial charge in [-0.3, -0.25) is 4.79 Å². The van der Waals surface area contributed by atoms with Crippen LogP contribution in [0.1, 0.15) is 30.4 Å². The van der Waals surface area contributed by atoms with Crippen molar-refractivity contribution in [2.24, 2.45) is 5.92 Å². The van der Waals surface area contributed by atoms with Crippen molar-refractivity contribution in [1.82, 2.24) is 0 Å². The van der Waals surface area contributed by atoms with E-state index in [-0.39, 0.29) is 26.6 Å². The Balaban J connectivity index is 1.63. The number of methoxy groups -OCH3 is 1. The number of ether oxygens (including phenoxy) is 6. The van der Waals surface area contributed by atoms with E-state index in [0.717, 1.165) is 22.3 Å². The number of allylic oxidation sites excluding steroid dienone is 2. The zero-order chi connectivity index (χ0) is 27.1. The Morgan fingerprint density at radius 3 is 2.79 bits per heavy atom. The van der Waals surface area contributed by atoms with E-state index in [9.17, 15) is 14.9 Å². The van der Waals surface area contributed by atoms with Crippen molar-refractivity contribution in [2.45, 2.75) is 24.9 Å². The van der Waals surface area contributed by atoms with Gasteiger partial charge in [0.25, 0.3) is 0 Å². The number of carbonyl (C=O) groups is 2. The normalized spacial score (nSPS) is 22.5. The average Bonchev–Trinajstić information content (AvgIpc) is 3.62. The van der Waals surface area contributed by atoms with Gasteiger partial charge in [0.05, 0.1) is 25.4 Å². The first-order valence-electron chi connectivity index (χ1n) is 12.6. The van der Waals surface area contributed by atoms with E-state index in [1.165, 1.54) is 7.11 Å². The molecule has 2 aliphatic carbocycles. The third-order valence-corrected chi connectivity index (χ3v) is 7.49. The molecule has 0 saturated carbocycles. The molecule has 3 atom stereocenters. The summed E-state index contributed by atoms with van der Waals surface area (Å²) >= 11 is 0. The number of hydrogen-bond donors (Lipinski definition) is 0. The zero-order valence-corrected chi connectivity index (χ0v) is 21.4. The van der Waals surface area contributed by atoms with E-state index in [1.54, 1.807) is 19.1 Å². The summed E-state index contributed by atoms with van der Waals surface area (Å²) in [6.45, 7) is 1.94. The van der Waals surface area contributed by atoms with E-state index in [2.05, 4.69) is 6.07 Å². The SMILES string of the molecule is CCOC(=O)C(C#N)CC1C(C(=O)OC)=C2C=CC=C3OCOC32c2cccc(-c3ccc4c(c3)OCO4)c21. The number of carbonyl (C=O) groups excluding carboxylic acids is 2. The van der Waals surface area contributed by atoms with Gasteiger partial charge in [-0.25, -0.2) is 4.79 Å². The summed E-state index contributed by atoms with van der Waals surface area (Å²) in [5.41, 5.74) is 2.78. The second-order valence-electron chi connectivity index (χ2n) is 9.35. The predicted octanol–water partition coefficient (Wildman–Crippen LogP) is 4.40. The molecule has 3 unspecified atom stereocenters. The van der Waals surface area contributed by atoms with Crippen LogP contribution in [0.4, 0.5) is 0 Å². The van der Waals surface area contributed by atoms with Crippen LogP contribution in [-0.4, -0.2) is 39.2 Å². The molecule has 6 rings (SSSR count). The molecule has 2 aromatic carbocycles. The van der Waals surface area contributed by atoms with Crippen LogP contribution in [0.25, 0.3) is 11.1 Å². The summed E-state index contributed by atoms with van der Waals surface area (Å²) in [7, 11) is 1.31. The summed E-state index contributed by atoms with van der Waals surface area (Å²) in [4.78, 5) is 26.3. The van der Waals surface area contributed by atoms with Crippen LogP contribution >= 0.6 is 0 Å².